The van der Waals surface area contributed by atoms with Crippen molar-refractivity contribution in [1.82, 2.24) is 14.6 Å². The molecule has 1 amide bonds. The van der Waals surface area contributed by atoms with Crippen LogP contribution in [0.3, 0.4) is 0 Å². The van der Waals surface area contributed by atoms with Crippen LogP contribution in [0, 0.1) is 11.8 Å². The maximum atomic E-state index is 13.6. The first-order chi connectivity index (χ1) is 17.3. The molecule has 3 aromatic heterocycles. The van der Waals surface area contributed by atoms with Crippen molar-refractivity contribution in [2.45, 2.75) is 52.5 Å². The molecular weight excluding hydrogens is 472 g/mol. The van der Waals surface area contributed by atoms with E-state index in [1.54, 1.807) is 15.6 Å². The third-order valence-corrected chi connectivity index (χ3v) is 8.17. The molecule has 1 aromatic carbocycles. The number of nitrogens with zero attached hydrogens (tertiary/aromatic N) is 4. The Morgan fingerprint density at radius 3 is 2.42 bits per heavy atom. The highest BCUT2D eigenvalue weighted by molar-refractivity contribution is 7.18. The van der Waals surface area contributed by atoms with Gasteiger partial charge in [0.15, 0.2) is 5.65 Å². The first-order valence-corrected chi connectivity index (χ1v) is 13.2. The predicted octanol–water partition coefficient (Wildman–Crippen LogP) is 6.39. The lowest BCUT2D eigenvalue weighted by Crippen LogP contribution is -2.42. The van der Waals surface area contributed by atoms with Crippen molar-refractivity contribution in [2.24, 2.45) is 11.8 Å². The average Bonchev–Trinajstić information content (AvgIpc) is 3.51. The van der Waals surface area contributed by atoms with Crippen LogP contribution in [0.5, 0.6) is 0 Å². The molecule has 0 unspecified atom stereocenters. The quantitative estimate of drug-likeness (QED) is 0.330. The van der Waals surface area contributed by atoms with Gasteiger partial charge in [-0.15, -0.1) is 11.3 Å². The SMILES string of the molecule is CC(C)N(c1cc(-c2ccc(-c3ccn4nccc4n3)cc2)sc1C(=O)O)C(=O)[C@H]1CC[C@H](C)CC1. The van der Waals surface area contributed by atoms with Gasteiger partial charge in [-0.05, 0) is 63.1 Å². The smallest absolute Gasteiger partial charge is 0.348 e. The molecule has 7 nitrogen and oxygen atoms in total. The maximum absolute atomic E-state index is 13.6. The van der Waals surface area contributed by atoms with Gasteiger partial charge in [-0.2, -0.15) is 5.10 Å². The lowest BCUT2D eigenvalue weighted by atomic mass is 9.82. The number of aromatic nitrogens is 3. The van der Waals surface area contributed by atoms with Gasteiger partial charge in [0.05, 0.1) is 17.6 Å². The van der Waals surface area contributed by atoms with E-state index in [1.165, 1.54) is 11.3 Å². The van der Waals surface area contributed by atoms with Crippen LogP contribution >= 0.6 is 11.3 Å². The van der Waals surface area contributed by atoms with Crippen LogP contribution in [0.1, 0.15) is 56.1 Å². The summed E-state index contributed by atoms with van der Waals surface area (Å²) in [7, 11) is 0. The molecule has 1 aliphatic rings. The Hall–Kier alpha value is -3.52. The van der Waals surface area contributed by atoms with Crippen LogP contribution in [0.15, 0.2) is 54.9 Å². The van der Waals surface area contributed by atoms with Gasteiger partial charge in [0.2, 0.25) is 5.91 Å². The molecule has 0 aliphatic heterocycles. The van der Waals surface area contributed by atoms with Crippen LogP contribution in [-0.2, 0) is 4.79 Å². The number of benzene rings is 1. The summed E-state index contributed by atoms with van der Waals surface area (Å²) >= 11 is 1.21. The van der Waals surface area contributed by atoms with E-state index < -0.39 is 5.97 Å². The van der Waals surface area contributed by atoms with Gasteiger partial charge in [-0.3, -0.25) is 4.79 Å². The largest absolute Gasteiger partial charge is 0.477 e. The van der Waals surface area contributed by atoms with Gasteiger partial charge in [0.25, 0.3) is 0 Å². The van der Waals surface area contributed by atoms with Crippen molar-refractivity contribution in [3.05, 3.63) is 59.7 Å². The number of hydrogen-bond donors (Lipinski definition) is 1. The predicted molar refractivity (Wildman–Crippen MR) is 142 cm³/mol. The number of hydrogen-bond acceptors (Lipinski definition) is 5. The number of carbonyl (C=O) groups excluding carboxylic acids is 1. The first kappa shape index (κ1) is 24.2. The molecular formula is C28H30N4O3S. The summed E-state index contributed by atoms with van der Waals surface area (Å²) in [5.41, 5.74) is 3.98. The second-order valence-corrected chi connectivity index (χ2v) is 11.0. The van der Waals surface area contributed by atoms with Crippen molar-refractivity contribution in [1.29, 1.82) is 0 Å². The first-order valence-electron chi connectivity index (χ1n) is 12.4. The van der Waals surface area contributed by atoms with Crippen LogP contribution in [0.4, 0.5) is 5.69 Å². The second-order valence-electron chi connectivity index (χ2n) is 9.91. The monoisotopic (exact) mass is 502 g/mol. The van der Waals surface area contributed by atoms with Crippen molar-refractivity contribution < 1.29 is 14.7 Å². The molecule has 0 spiro atoms. The van der Waals surface area contributed by atoms with E-state index in [0.717, 1.165) is 53.0 Å². The van der Waals surface area contributed by atoms with Gasteiger partial charge in [0, 0.05) is 34.7 Å². The standard InChI is InChI=1S/C28H30N4O3S/c1-17(2)32(27(33)21-6-4-18(3)5-7-21)23-16-24(36-26(23)28(34)35)20-10-8-19(9-11-20)22-13-15-31-25(30-22)12-14-29-31/h8-18,21H,4-7H2,1-3H3,(H,34,35)/t18-,21-. The number of carbonyl (C=O) groups is 2. The van der Waals surface area contributed by atoms with Crippen molar-refractivity contribution in [3.63, 3.8) is 0 Å². The minimum Gasteiger partial charge on any atom is -0.477 e. The zero-order chi connectivity index (χ0) is 25.4. The molecule has 1 fully saturated rings. The summed E-state index contributed by atoms with van der Waals surface area (Å²) < 4.78 is 1.72. The number of amides is 1. The molecule has 1 saturated carbocycles. The highest BCUT2D eigenvalue weighted by Crippen LogP contribution is 2.40. The van der Waals surface area contributed by atoms with Gasteiger partial charge in [-0.1, -0.05) is 31.2 Å². The Labute approximate surface area is 214 Å². The number of carboxylic acids is 1. The Balaban J connectivity index is 1.46. The number of fused-ring (bicyclic) bond motifs is 1. The topological polar surface area (TPSA) is 87.8 Å². The normalized spacial score (nSPS) is 18.0. The van der Waals surface area contributed by atoms with E-state index in [9.17, 15) is 14.7 Å². The number of carboxylic acid groups (broad SMARTS) is 1. The van der Waals surface area contributed by atoms with Crippen molar-refractivity contribution in [2.75, 3.05) is 4.90 Å². The summed E-state index contributed by atoms with van der Waals surface area (Å²) in [4.78, 5) is 33.2. The summed E-state index contributed by atoms with van der Waals surface area (Å²) in [6.45, 7) is 6.13. The molecule has 8 heteroatoms. The van der Waals surface area contributed by atoms with Crippen molar-refractivity contribution >= 4 is 34.5 Å². The zero-order valence-corrected chi connectivity index (χ0v) is 21.5. The lowest BCUT2D eigenvalue weighted by molar-refractivity contribution is -0.123. The molecule has 0 bridgehead atoms. The zero-order valence-electron chi connectivity index (χ0n) is 20.7. The van der Waals surface area contributed by atoms with E-state index in [0.29, 0.717) is 11.6 Å². The molecule has 0 saturated heterocycles. The summed E-state index contributed by atoms with van der Waals surface area (Å²) in [5, 5.41) is 14.2. The fraction of sp³-hybridized carbons (Fsp3) is 0.357. The molecule has 1 aliphatic carbocycles. The Kier molecular flexibility index (Phi) is 6.62. The molecule has 3 heterocycles. The molecule has 0 atom stereocenters. The van der Waals surface area contributed by atoms with Gasteiger partial charge in [0.1, 0.15) is 4.88 Å². The van der Waals surface area contributed by atoms with Crippen LogP contribution in [-0.4, -0.2) is 37.6 Å². The van der Waals surface area contributed by atoms with E-state index >= 15 is 0 Å². The number of anilines is 1. The lowest BCUT2D eigenvalue weighted by Gasteiger charge is -2.33. The molecule has 36 heavy (non-hydrogen) atoms. The van der Waals surface area contributed by atoms with Gasteiger partial charge >= 0.3 is 5.97 Å². The molecule has 5 rings (SSSR count). The molecule has 0 radical (unpaired) electrons. The fourth-order valence-electron chi connectivity index (χ4n) is 4.99. The highest BCUT2D eigenvalue weighted by Gasteiger charge is 2.33. The third-order valence-electron chi connectivity index (χ3n) is 7.01. The molecule has 186 valence electrons. The van der Waals surface area contributed by atoms with Crippen LogP contribution < -0.4 is 4.90 Å². The average molecular weight is 503 g/mol. The van der Waals surface area contributed by atoms with E-state index in [1.807, 2.05) is 62.5 Å². The minimum atomic E-state index is -1.01. The summed E-state index contributed by atoms with van der Waals surface area (Å²) in [6.07, 6.45) is 7.40. The Morgan fingerprint density at radius 1 is 1.06 bits per heavy atom. The number of aromatic carboxylic acids is 1. The summed E-state index contributed by atoms with van der Waals surface area (Å²) in [6, 6.07) is 13.4. The minimum absolute atomic E-state index is 0.0421. The van der Waals surface area contributed by atoms with E-state index in [-0.39, 0.29) is 22.7 Å². The summed E-state index contributed by atoms with van der Waals surface area (Å²) in [5.74, 6) is -0.370. The number of rotatable bonds is 6. The number of thiophene rings is 1. The van der Waals surface area contributed by atoms with Crippen molar-refractivity contribution in [3.8, 4) is 21.7 Å². The van der Waals surface area contributed by atoms with E-state index in [4.69, 9.17) is 0 Å². The Bertz CT molecular complexity index is 1400. The van der Waals surface area contributed by atoms with Gasteiger partial charge < -0.3 is 10.0 Å². The highest BCUT2D eigenvalue weighted by atomic mass is 32.1. The second kappa shape index (κ2) is 9.85. The Morgan fingerprint density at radius 2 is 1.75 bits per heavy atom. The van der Waals surface area contributed by atoms with E-state index in [2.05, 4.69) is 17.0 Å². The molecule has 1 N–H and O–H groups in total. The maximum Gasteiger partial charge on any atom is 0.348 e. The third kappa shape index (κ3) is 4.65. The van der Waals surface area contributed by atoms with Gasteiger partial charge in [-0.25, -0.2) is 14.3 Å². The van der Waals surface area contributed by atoms with Crippen LogP contribution in [0.25, 0.3) is 27.3 Å². The van der Waals surface area contributed by atoms with Crippen LogP contribution in [0.2, 0.25) is 0 Å². The molecule has 4 aromatic rings. The fourth-order valence-corrected chi connectivity index (χ4v) is 5.98.